The van der Waals surface area contributed by atoms with Crippen LogP contribution in [0.3, 0.4) is 0 Å². The van der Waals surface area contributed by atoms with Crippen LogP contribution in [0.1, 0.15) is 11.1 Å². The van der Waals surface area contributed by atoms with Crippen LogP contribution in [0.5, 0.6) is 0 Å². The molecule has 22 heavy (non-hydrogen) atoms. The highest BCUT2D eigenvalue weighted by Crippen LogP contribution is 2.13. The van der Waals surface area contributed by atoms with E-state index in [1.807, 2.05) is 12.1 Å². The third kappa shape index (κ3) is 5.77. The molecule has 2 N–H and O–H groups in total. The average Bonchev–Trinajstić information content (AvgIpc) is 2.61. The van der Waals surface area contributed by atoms with Crippen LogP contribution in [0.25, 0.3) is 20.1 Å². The van der Waals surface area contributed by atoms with Gasteiger partial charge >= 0.3 is 0 Å². The molecule has 2 aromatic rings. The van der Waals surface area contributed by atoms with Crippen LogP contribution in [0, 0.1) is 13.1 Å². The Bertz CT molecular complexity index is 713. The van der Waals surface area contributed by atoms with Gasteiger partial charge in [-0.25, -0.2) is 9.69 Å². The van der Waals surface area contributed by atoms with E-state index in [0.717, 1.165) is 11.1 Å². The van der Waals surface area contributed by atoms with Crippen molar-refractivity contribution < 1.29 is 0 Å². The summed E-state index contributed by atoms with van der Waals surface area (Å²) in [5.74, 6) is 0. The number of nitrogens with two attached hydrogens (primary N) is 1. The molecule has 0 fully saturated rings. The van der Waals surface area contributed by atoms with Crippen molar-refractivity contribution in [3.63, 3.8) is 0 Å². The summed E-state index contributed by atoms with van der Waals surface area (Å²) in [4.78, 5) is 9.13. The Hall–Kier alpha value is -3.31. The fourth-order valence-electron chi connectivity index (χ4n) is 1.50. The van der Waals surface area contributed by atoms with Gasteiger partial charge in [0.1, 0.15) is 0 Å². The average molecular weight is 290 g/mol. The van der Waals surface area contributed by atoms with Crippen LogP contribution in [0.4, 0.5) is 11.4 Å². The molecule has 0 amide bonds. The second-order valence-corrected chi connectivity index (χ2v) is 4.15. The summed E-state index contributed by atoms with van der Waals surface area (Å²) < 4.78 is 0. The Balaban J connectivity index is 0.000000224. The first-order valence-electron chi connectivity index (χ1n) is 6.37. The summed E-state index contributed by atoms with van der Waals surface area (Å²) in [6.07, 6.45) is 0. The molecule has 2 rings (SSSR count). The van der Waals surface area contributed by atoms with E-state index < -0.39 is 0 Å². The van der Waals surface area contributed by atoms with Gasteiger partial charge < -0.3 is 5.73 Å². The Labute approximate surface area is 129 Å². The van der Waals surface area contributed by atoms with E-state index in [9.17, 15) is 0 Å². The molecule has 6 heteroatoms. The van der Waals surface area contributed by atoms with E-state index in [0.29, 0.717) is 24.5 Å². The first kappa shape index (κ1) is 16.7. The molecular weight excluding hydrogens is 276 g/mol. The third-order valence-electron chi connectivity index (χ3n) is 2.68. The van der Waals surface area contributed by atoms with E-state index >= 15 is 0 Å². The predicted molar refractivity (Wildman–Crippen MR) is 86.1 cm³/mol. The smallest absolute Gasteiger partial charge is 0.187 e. The van der Waals surface area contributed by atoms with Crippen molar-refractivity contribution in [2.45, 2.75) is 13.1 Å². The Morgan fingerprint density at radius 2 is 1.32 bits per heavy atom. The largest absolute Gasteiger partial charge is 0.326 e. The fraction of sp³-hybridized carbons (Fsp3) is 0.125. The highest BCUT2D eigenvalue weighted by molar-refractivity contribution is 5.45. The van der Waals surface area contributed by atoms with Gasteiger partial charge in [0, 0.05) is 11.5 Å². The lowest BCUT2D eigenvalue weighted by molar-refractivity contribution is 1.05. The van der Waals surface area contributed by atoms with Crippen molar-refractivity contribution in [1.29, 1.82) is 0 Å². The molecular formula is C16H14N6. The SMILES string of the molecule is [C-]#[N+]c1ccc(CN)cc1.[C-]#[N+]c1ccc(CN=[N+]=[N-])cc1. The fourth-order valence-corrected chi connectivity index (χ4v) is 1.50. The van der Waals surface area contributed by atoms with Crippen LogP contribution in [-0.4, -0.2) is 0 Å². The Morgan fingerprint density at radius 1 is 0.864 bits per heavy atom. The maximum Gasteiger partial charge on any atom is 0.187 e. The molecule has 2 aromatic carbocycles. The van der Waals surface area contributed by atoms with Gasteiger partial charge in [-0.2, -0.15) is 0 Å². The molecule has 0 saturated heterocycles. The van der Waals surface area contributed by atoms with E-state index in [-0.39, 0.29) is 0 Å². The van der Waals surface area contributed by atoms with E-state index in [4.69, 9.17) is 24.4 Å². The molecule has 0 radical (unpaired) electrons. The second kappa shape index (κ2) is 9.57. The highest BCUT2D eigenvalue weighted by Gasteiger charge is 1.91. The zero-order valence-electron chi connectivity index (χ0n) is 11.8. The predicted octanol–water partition coefficient (Wildman–Crippen LogP) is 4.74. The van der Waals surface area contributed by atoms with Gasteiger partial charge in [-0.1, -0.05) is 53.6 Å². The van der Waals surface area contributed by atoms with Crippen LogP contribution < -0.4 is 5.73 Å². The molecule has 6 nitrogen and oxygen atoms in total. The quantitative estimate of drug-likeness (QED) is 0.376. The van der Waals surface area contributed by atoms with Crippen molar-refractivity contribution in [3.05, 3.63) is 92.9 Å². The standard InChI is InChI=1S/C8H6N4.C8H8N2/c1-10-8-4-2-7(3-5-8)6-11-12-9;1-10-8-4-2-7(6-9)3-5-8/h2-5H,6H2;2-5H,6,9H2. The highest BCUT2D eigenvalue weighted by atomic mass is 15.1. The topological polar surface area (TPSA) is 83.5 Å². The summed E-state index contributed by atoms with van der Waals surface area (Å²) >= 11 is 0. The first-order chi connectivity index (χ1) is 10.7. The van der Waals surface area contributed by atoms with E-state index in [2.05, 4.69) is 19.7 Å². The van der Waals surface area contributed by atoms with E-state index in [1.54, 1.807) is 36.4 Å². The normalized spacial score (nSPS) is 8.50. The minimum Gasteiger partial charge on any atom is -0.326 e. The third-order valence-corrected chi connectivity index (χ3v) is 2.68. The van der Waals surface area contributed by atoms with Gasteiger partial charge in [-0.05, 0) is 16.7 Å². The van der Waals surface area contributed by atoms with Crippen molar-refractivity contribution in [2.24, 2.45) is 10.8 Å². The van der Waals surface area contributed by atoms with Crippen LogP contribution in [-0.2, 0) is 13.1 Å². The molecule has 108 valence electrons. The molecule has 0 aromatic heterocycles. The number of rotatable bonds is 3. The first-order valence-corrected chi connectivity index (χ1v) is 6.37. The lowest BCUT2D eigenvalue weighted by Crippen LogP contribution is -1.94. The summed E-state index contributed by atoms with van der Waals surface area (Å²) in [5, 5.41) is 3.40. The van der Waals surface area contributed by atoms with Gasteiger partial charge in [-0.15, -0.1) is 0 Å². The molecule has 0 bridgehead atoms. The molecule has 0 saturated carbocycles. The molecule has 0 aliphatic heterocycles. The lowest BCUT2D eigenvalue weighted by atomic mass is 10.2. The maximum absolute atomic E-state index is 8.04. The molecule has 0 aliphatic rings. The van der Waals surface area contributed by atoms with Crippen molar-refractivity contribution >= 4 is 11.4 Å². The van der Waals surface area contributed by atoms with E-state index in [1.165, 1.54) is 0 Å². The van der Waals surface area contributed by atoms with Crippen molar-refractivity contribution in [1.82, 2.24) is 0 Å². The molecule has 0 atom stereocenters. The number of hydrogen-bond donors (Lipinski definition) is 1. The van der Waals surface area contributed by atoms with Gasteiger partial charge in [0.15, 0.2) is 11.4 Å². The summed E-state index contributed by atoms with van der Waals surface area (Å²) in [6, 6.07) is 14.2. The van der Waals surface area contributed by atoms with Gasteiger partial charge in [0.05, 0.1) is 19.7 Å². The minimum absolute atomic E-state index is 0.342. The van der Waals surface area contributed by atoms with Gasteiger partial charge in [-0.3, -0.25) is 0 Å². The maximum atomic E-state index is 8.04. The summed E-state index contributed by atoms with van der Waals surface area (Å²) in [6.45, 7) is 14.2. The van der Waals surface area contributed by atoms with Crippen LogP contribution in [0.2, 0.25) is 0 Å². The minimum atomic E-state index is 0.342. The zero-order chi connectivity index (χ0) is 16.2. The number of azide groups is 1. The van der Waals surface area contributed by atoms with Crippen LogP contribution in [0.15, 0.2) is 53.6 Å². The lowest BCUT2D eigenvalue weighted by Gasteiger charge is -1.93. The molecule has 0 unspecified atom stereocenters. The van der Waals surface area contributed by atoms with Gasteiger partial charge in [0.25, 0.3) is 0 Å². The molecule has 0 aliphatic carbocycles. The zero-order valence-corrected chi connectivity index (χ0v) is 11.8. The monoisotopic (exact) mass is 290 g/mol. The summed E-state index contributed by atoms with van der Waals surface area (Å²) in [5.41, 5.74) is 16.6. The molecule has 0 spiro atoms. The second-order valence-electron chi connectivity index (χ2n) is 4.15. The summed E-state index contributed by atoms with van der Waals surface area (Å²) in [7, 11) is 0. The number of hydrogen-bond acceptors (Lipinski definition) is 2. The number of benzene rings is 2. The van der Waals surface area contributed by atoms with Crippen molar-refractivity contribution in [2.75, 3.05) is 0 Å². The van der Waals surface area contributed by atoms with Gasteiger partial charge in [0.2, 0.25) is 0 Å². The number of nitrogens with zero attached hydrogens (tertiary/aromatic N) is 5. The molecule has 0 heterocycles. The Morgan fingerprint density at radius 3 is 1.68 bits per heavy atom. The Kier molecular flexibility index (Phi) is 7.28. The van der Waals surface area contributed by atoms with Crippen molar-refractivity contribution in [3.8, 4) is 0 Å². The van der Waals surface area contributed by atoms with Crippen LogP contribution >= 0.6 is 0 Å².